The van der Waals surface area contributed by atoms with E-state index < -0.39 is 0 Å². The van der Waals surface area contributed by atoms with Crippen molar-refractivity contribution in [3.8, 4) is 0 Å². The van der Waals surface area contributed by atoms with Crippen molar-refractivity contribution in [2.75, 3.05) is 45.0 Å². The molecule has 148 valence electrons. The number of hydrogen-bond donors (Lipinski definition) is 1. The molecule has 1 amide bonds. The maximum atomic E-state index is 12.9. The van der Waals surface area contributed by atoms with E-state index >= 15 is 0 Å². The molecule has 1 aromatic carbocycles. The Hall–Kier alpha value is -1.48. The predicted molar refractivity (Wildman–Crippen MR) is 112 cm³/mol. The Kier molecular flexibility index (Phi) is 4.90. The highest BCUT2D eigenvalue weighted by molar-refractivity contribution is 8.01. The van der Waals surface area contributed by atoms with E-state index in [9.17, 15) is 4.79 Å². The summed E-state index contributed by atoms with van der Waals surface area (Å²) in [6.45, 7) is 8.43. The number of aromatic nitrogens is 2. The third kappa shape index (κ3) is 3.36. The first-order valence-corrected chi connectivity index (χ1v) is 11.7. The molecule has 2 aromatic rings. The van der Waals surface area contributed by atoms with Crippen LogP contribution in [0.4, 0.5) is 0 Å². The fourth-order valence-electron chi connectivity index (χ4n) is 5.25. The monoisotopic (exact) mass is 415 g/mol. The summed E-state index contributed by atoms with van der Waals surface area (Å²) in [5.74, 6) is 0.980. The van der Waals surface area contributed by atoms with Crippen LogP contribution in [0.3, 0.4) is 0 Å². The molecule has 4 aliphatic rings. The van der Waals surface area contributed by atoms with Crippen LogP contribution in [0, 0.1) is 12.8 Å². The van der Waals surface area contributed by atoms with Gasteiger partial charge in [-0.05, 0) is 12.5 Å². The average molecular weight is 416 g/mol. The number of nitrogens with zero attached hydrogens (tertiary/aromatic N) is 4. The maximum absolute atomic E-state index is 12.9. The normalized spacial score (nSPS) is 33.6. The van der Waals surface area contributed by atoms with Crippen LogP contribution < -0.4 is 5.32 Å². The van der Waals surface area contributed by atoms with Crippen molar-refractivity contribution in [1.29, 1.82) is 0 Å². The molecule has 1 N–H and O–H groups in total. The van der Waals surface area contributed by atoms with Crippen LogP contribution in [0.5, 0.6) is 0 Å². The van der Waals surface area contributed by atoms with Gasteiger partial charge in [0.2, 0.25) is 5.91 Å². The van der Waals surface area contributed by atoms with Gasteiger partial charge in [-0.3, -0.25) is 4.79 Å². The van der Waals surface area contributed by atoms with E-state index in [2.05, 4.69) is 55.6 Å². The molecule has 4 fully saturated rings. The SMILES string of the molecule is Cc1nnc(SCC(=O)N[C@H]2C3CN4CCN(C3)CC2(c2ccccc2)C4)s1. The number of rotatable bonds is 5. The molecule has 3 atom stereocenters. The summed E-state index contributed by atoms with van der Waals surface area (Å²) >= 11 is 3.03. The Morgan fingerprint density at radius 1 is 1.21 bits per heavy atom. The molecule has 4 saturated heterocycles. The van der Waals surface area contributed by atoms with Crippen LogP contribution in [0.1, 0.15) is 10.6 Å². The number of carbonyl (C=O) groups excluding carboxylic acids is 1. The Bertz CT molecular complexity index is 841. The number of benzene rings is 1. The zero-order valence-corrected chi connectivity index (χ0v) is 17.6. The van der Waals surface area contributed by atoms with Crippen molar-refractivity contribution in [1.82, 2.24) is 25.3 Å². The Balaban J connectivity index is 1.38. The van der Waals surface area contributed by atoms with Crippen LogP contribution in [-0.4, -0.2) is 77.0 Å². The number of hydrogen-bond acceptors (Lipinski definition) is 7. The molecule has 0 radical (unpaired) electrons. The lowest BCUT2D eigenvalue weighted by molar-refractivity contribution is -0.121. The fourth-order valence-corrected chi connectivity index (χ4v) is 6.87. The van der Waals surface area contributed by atoms with Gasteiger partial charge in [-0.1, -0.05) is 53.4 Å². The van der Waals surface area contributed by atoms with Crippen LogP contribution in [0.15, 0.2) is 34.7 Å². The van der Waals surface area contributed by atoms with E-state index in [0.717, 1.165) is 48.6 Å². The molecule has 28 heavy (non-hydrogen) atoms. The molecule has 6 rings (SSSR count). The number of nitrogens with one attached hydrogen (secondary N) is 1. The number of amides is 1. The first-order valence-electron chi connectivity index (χ1n) is 9.85. The Morgan fingerprint density at radius 2 is 1.93 bits per heavy atom. The van der Waals surface area contributed by atoms with Crippen LogP contribution in [-0.2, 0) is 10.2 Å². The molecule has 1 aromatic heterocycles. The summed E-state index contributed by atoms with van der Waals surface area (Å²) in [4.78, 5) is 18.1. The summed E-state index contributed by atoms with van der Waals surface area (Å²) in [7, 11) is 0. The summed E-state index contributed by atoms with van der Waals surface area (Å²) in [5.41, 5.74) is 1.33. The van der Waals surface area contributed by atoms with Gasteiger partial charge in [0.1, 0.15) is 5.01 Å². The highest BCUT2D eigenvalue weighted by Gasteiger charge is 2.55. The topological polar surface area (TPSA) is 61.4 Å². The minimum absolute atomic E-state index is 0.0292. The second-order valence-corrected chi connectivity index (χ2v) is 10.6. The predicted octanol–water partition coefficient (Wildman–Crippen LogP) is 1.62. The quantitative estimate of drug-likeness (QED) is 0.749. The molecule has 0 spiro atoms. The van der Waals surface area contributed by atoms with Gasteiger partial charge >= 0.3 is 0 Å². The van der Waals surface area contributed by atoms with Gasteiger partial charge in [-0.15, -0.1) is 10.2 Å². The second-order valence-electron chi connectivity index (χ2n) is 8.17. The first kappa shape index (κ1) is 18.5. The third-order valence-electron chi connectivity index (χ3n) is 6.30. The van der Waals surface area contributed by atoms with Crippen molar-refractivity contribution in [3.63, 3.8) is 0 Å². The number of thioether (sulfide) groups is 1. The second kappa shape index (κ2) is 7.40. The zero-order chi connectivity index (χ0) is 19.1. The van der Waals surface area contributed by atoms with E-state index in [4.69, 9.17) is 0 Å². The molecule has 0 aliphatic carbocycles. The van der Waals surface area contributed by atoms with E-state index in [1.807, 2.05) is 6.92 Å². The molecule has 4 bridgehead atoms. The minimum atomic E-state index is -0.0292. The van der Waals surface area contributed by atoms with Gasteiger partial charge < -0.3 is 15.1 Å². The lowest BCUT2D eigenvalue weighted by Crippen LogP contribution is -2.70. The van der Waals surface area contributed by atoms with Crippen LogP contribution in [0.25, 0.3) is 0 Å². The Morgan fingerprint density at radius 3 is 2.57 bits per heavy atom. The smallest absolute Gasteiger partial charge is 0.230 e. The summed E-state index contributed by atoms with van der Waals surface area (Å²) in [6, 6.07) is 11.0. The van der Waals surface area contributed by atoms with E-state index in [1.165, 1.54) is 17.3 Å². The van der Waals surface area contributed by atoms with E-state index in [1.54, 1.807) is 11.3 Å². The van der Waals surface area contributed by atoms with Gasteiger partial charge in [-0.25, -0.2) is 0 Å². The van der Waals surface area contributed by atoms with Gasteiger partial charge in [0.25, 0.3) is 0 Å². The summed E-state index contributed by atoms with van der Waals surface area (Å²) in [6.07, 6.45) is 0. The molecule has 0 saturated carbocycles. The molecule has 5 heterocycles. The van der Waals surface area contributed by atoms with Crippen molar-refractivity contribution < 1.29 is 4.79 Å². The van der Waals surface area contributed by atoms with Gasteiger partial charge in [-0.2, -0.15) is 0 Å². The molecular formula is C20H25N5OS2. The molecule has 2 unspecified atom stereocenters. The zero-order valence-electron chi connectivity index (χ0n) is 16.0. The van der Waals surface area contributed by atoms with E-state index in [0.29, 0.717) is 11.7 Å². The van der Waals surface area contributed by atoms with E-state index in [-0.39, 0.29) is 17.4 Å². The number of piperidine rings is 2. The highest BCUT2D eigenvalue weighted by Crippen LogP contribution is 2.43. The number of fused-ring (bicyclic) bond motifs is 1. The standard InChI is InChI=1S/C20H25N5OS2/c1-14-22-23-19(28-14)27-11-17(26)21-18-15-9-24-7-8-25(10-15)13-20(18,12-24)16-5-3-2-4-6-16/h2-6,15,18H,7-13H2,1H3,(H,21,26)/t15?,18-,20?/m0/s1. The largest absolute Gasteiger partial charge is 0.351 e. The van der Waals surface area contributed by atoms with Gasteiger partial charge in [0, 0.05) is 56.6 Å². The maximum Gasteiger partial charge on any atom is 0.230 e. The van der Waals surface area contributed by atoms with Gasteiger partial charge in [0.05, 0.1) is 5.75 Å². The van der Waals surface area contributed by atoms with Crippen molar-refractivity contribution in [2.24, 2.45) is 5.92 Å². The van der Waals surface area contributed by atoms with Crippen LogP contribution >= 0.6 is 23.1 Å². The minimum Gasteiger partial charge on any atom is -0.351 e. The highest BCUT2D eigenvalue weighted by atomic mass is 32.2. The van der Waals surface area contributed by atoms with Crippen molar-refractivity contribution in [2.45, 2.75) is 22.7 Å². The van der Waals surface area contributed by atoms with Gasteiger partial charge in [0.15, 0.2) is 4.34 Å². The molecule has 6 nitrogen and oxygen atoms in total. The number of carbonyl (C=O) groups is 1. The lowest BCUT2D eigenvalue weighted by atomic mass is 9.64. The van der Waals surface area contributed by atoms with Crippen molar-refractivity contribution in [3.05, 3.63) is 40.9 Å². The average Bonchev–Trinajstić information content (AvgIpc) is 2.95. The summed E-state index contributed by atoms with van der Waals surface area (Å²) < 4.78 is 0.865. The summed E-state index contributed by atoms with van der Waals surface area (Å²) in [5, 5.41) is 12.5. The fraction of sp³-hybridized carbons (Fsp3) is 0.550. The molecular weight excluding hydrogens is 390 g/mol. The van der Waals surface area contributed by atoms with Crippen LogP contribution in [0.2, 0.25) is 0 Å². The molecule has 4 aliphatic heterocycles. The first-order chi connectivity index (χ1) is 13.6. The molecule has 8 heteroatoms. The van der Waals surface area contributed by atoms with Crippen molar-refractivity contribution >= 4 is 29.0 Å². The third-order valence-corrected chi connectivity index (χ3v) is 8.27. The number of aryl methyl sites for hydroxylation is 1. The lowest BCUT2D eigenvalue weighted by Gasteiger charge is -2.55. The Labute approximate surface area is 173 Å².